The van der Waals surface area contributed by atoms with Crippen LogP contribution in [0, 0.1) is 6.92 Å². The van der Waals surface area contributed by atoms with Gasteiger partial charge in [0.2, 0.25) is 0 Å². The summed E-state index contributed by atoms with van der Waals surface area (Å²) in [5.41, 5.74) is 5.54. The van der Waals surface area contributed by atoms with Gasteiger partial charge >= 0.3 is 0 Å². The summed E-state index contributed by atoms with van der Waals surface area (Å²) in [4.78, 5) is 0. The van der Waals surface area contributed by atoms with E-state index in [1.54, 1.807) is 7.11 Å². The monoisotopic (exact) mass is 432 g/mol. The molecule has 0 N–H and O–H groups in total. The Labute approximate surface area is 181 Å². The second-order valence-electron chi connectivity index (χ2n) is 9.72. The van der Waals surface area contributed by atoms with E-state index >= 15 is 0 Å². The number of rotatable bonds is 7. The Balaban J connectivity index is 2.71. The molecule has 0 aliphatic carbocycles. The Morgan fingerprint density at radius 3 is 2.21 bits per heavy atom. The van der Waals surface area contributed by atoms with Crippen LogP contribution < -0.4 is 15.3 Å². The van der Waals surface area contributed by atoms with Gasteiger partial charge in [-0.05, 0) is 58.6 Å². The van der Waals surface area contributed by atoms with Gasteiger partial charge < -0.3 is 9.47 Å². The fraction of sp³-hybridized carbons (Fsp3) is 0.520. The fourth-order valence-corrected chi connectivity index (χ4v) is 5.65. The summed E-state index contributed by atoms with van der Waals surface area (Å²) in [5, 5.41) is 2.75. The molecule has 0 bridgehead atoms. The molecule has 2 rings (SSSR count). The van der Waals surface area contributed by atoms with Crippen LogP contribution in [-0.2, 0) is 21.7 Å². The van der Waals surface area contributed by atoms with Crippen molar-refractivity contribution in [3.63, 3.8) is 0 Å². The first-order valence-corrected chi connectivity index (χ1v) is 13.0. The van der Waals surface area contributed by atoms with Crippen LogP contribution >= 0.6 is 17.2 Å². The summed E-state index contributed by atoms with van der Waals surface area (Å²) in [6, 6.07) is 11.4. The van der Waals surface area contributed by atoms with Gasteiger partial charge in [0.15, 0.2) is 6.79 Å². The molecule has 0 aliphatic heterocycles. The molecule has 0 amide bonds. The molecule has 29 heavy (non-hydrogen) atoms. The average Bonchev–Trinajstić information content (AvgIpc) is 2.61. The molecule has 0 radical (unpaired) electrons. The standard InChI is InChI=1S/C25H38O2P2/c1-17-11-10-12-18(15-28-9)23(17)29-21-14-19(24(2,3)4)13-20(25(5,6)7)22(21)27-16-26-8/h10-14,28-29H,15-16H2,1-9H3. The van der Waals surface area contributed by atoms with Crippen LogP contribution in [-0.4, -0.2) is 20.6 Å². The number of hydrogen-bond acceptors (Lipinski definition) is 2. The van der Waals surface area contributed by atoms with E-state index < -0.39 is 0 Å². The van der Waals surface area contributed by atoms with Crippen LogP contribution in [0.2, 0.25) is 0 Å². The van der Waals surface area contributed by atoms with Gasteiger partial charge in [0.1, 0.15) is 5.75 Å². The van der Waals surface area contributed by atoms with Crippen molar-refractivity contribution in [1.29, 1.82) is 0 Å². The summed E-state index contributed by atoms with van der Waals surface area (Å²) in [5.74, 6) is 0.999. The van der Waals surface area contributed by atoms with E-state index in [-0.39, 0.29) is 17.6 Å². The summed E-state index contributed by atoms with van der Waals surface area (Å²) < 4.78 is 11.5. The summed E-state index contributed by atoms with van der Waals surface area (Å²) in [6.45, 7) is 18.4. The van der Waals surface area contributed by atoms with Gasteiger partial charge in [-0.15, -0.1) is 8.58 Å². The molecule has 0 heterocycles. The highest BCUT2D eigenvalue weighted by Crippen LogP contribution is 2.38. The van der Waals surface area contributed by atoms with E-state index in [0.29, 0.717) is 8.58 Å². The lowest BCUT2D eigenvalue weighted by Gasteiger charge is -2.29. The minimum Gasteiger partial charge on any atom is -0.467 e. The molecular weight excluding hydrogens is 394 g/mol. The maximum absolute atomic E-state index is 6.21. The van der Waals surface area contributed by atoms with E-state index in [2.05, 4.69) is 85.5 Å². The molecule has 0 saturated heterocycles. The molecule has 4 heteroatoms. The first-order chi connectivity index (χ1) is 13.5. The van der Waals surface area contributed by atoms with E-state index in [0.717, 1.165) is 20.5 Å². The van der Waals surface area contributed by atoms with Crippen molar-refractivity contribution in [2.45, 2.75) is 65.5 Å². The van der Waals surface area contributed by atoms with Crippen molar-refractivity contribution in [2.75, 3.05) is 20.6 Å². The summed E-state index contributed by atoms with van der Waals surface area (Å²) in [6.07, 6.45) is 1.14. The predicted molar refractivity (Wildman–Crippen MR) is 133 cm³/mol. The van der Waals surface area contributed by atoms with E-state index in [1.807, 2.05) is 0 Å². The molecule has 0 fully saturated rings. The zero-order valence-electron chi connectivity index (χ0n) is 19.6. The lowest BCUT2D eigenvalue weighted by atomic mass is 9.80. The highest BCUT2D eigenvalue weighted by atomic mass is 31.1. The Morgan fingerprint density at radius 1 is 0.966 bits per heavy atom. The van der Waals surface area contributed by atoms with Gasteiger partial charge in [-0.2, -0.15) is 0 Å². The Morgan fingerprint density at radius 2 is 1.66 bits per heavy atom. The second kappa shape index (κ2) is 9.91. The van der Waals surface area contributed by atoms with Gasteiger partial charge in [0, 0.05) is 18.0 Å². The number of ether oxygens (including phenoxy) is 2. The molecule has 2 atom stereocenters. The smallest absolute Gasteiger partial charge is 0.188 e. The minimum absolute atomic E-state index is 0.0110. The first kappa shape index (κ1) is 24.3. The third-order valence-corrected chi connectivity index (χ3v) is 7.41. The topological polar surface area (TPSA) is 18.5 Å². The van der Waals surface area contributed by atoms with Crippen LogP contribution in [0.15, 0.2) is 30.3 Å². The summed E-state index contributed by atoms with van der Waals surface area (Å²) in [7, 11) is 3.17. The number of hydrogen-bond donors (Lipinski definition) is 0. The number of aryl methyl sites for hydroxylation is 1. The van der Waals surface area contributed by atoms with Crippen LogP contribution in [0.25, 0.3) is 0 Å². The van der Waals surface area contributed by atoms with E-state index in [1.165, 1.54) is 32.9 Å². The Kier molecular flexibility index (Phi) is 8.32. The van der Waals surface area contributed by atoms with E-state index in [9.17, 15) is 0 Å². The Bertz CT molecular complexity index is 830. The molecular formula is C25H38O2P2. The highest BCUT2D eigenvalue weighted by Gasteiger charge is 2.26. The Hall–Kier alpha value is -0.940. The van der Waals surface area contributed by atoms with Crippen molar-refractivity contribution in [2.24, 2.45) is 0 Å². The van der Waals surface area contributed by atoms with Gasteiger partial charge in [0.25, 0.3) is 0 Å². The first-order valence-electron chi connectivity index (χ1n) is 10.3. The second-order valence-corrected chi connectivity index (χ2v) is 12.1. The number of methoxy groups -OCH3 is 1. The molecule has 2 aromatic rings. The van der Waals surface area contributed by atoms with Crippen LogP contribution in [0.3, 0.4) is 0 Å². The van der Waals surface area contributed by atoms with Crippen molar-refractivity contribution >= 4 is 27.8 Å². The zero-order valence-corrected chi connectivity index (χ0v) is 21.6. The normalized spacial score (nSPS) is 13.1. The van der Waals surface area contributed by atoms with Crippen molar-refractivity contribution < 1.29 is 9.47 Å². The quantitative estimate of drug-likeness (QED) is 0.394. The lowest BCUT2D eigenvalue weighted by molar-refractivity contribution is 0.0506. The van der Waals surface area contributed by atoms with Gasteiger partial charge in [-0.1, -0.05) is 74.4 Å². The van der Waals surface area contributed by atoms with E-state index in [4.69, 9.17) is 9.47 Å². The fourth-order valence-electron chi connectivity index (χ4n) is 3.36. The molecule has 2 unspecified atom stereocenters. The molecule has 160 valence electrons. The van der Waals surface area contributed by atoms with Crippen molar-refractivity contribution in [3.8, 4) is 5.75 Å². The maximum atomic E-state index is 6.21. The molecule has 0 spiro atoms. The zero-order chi connectivity index (χ0) is 21.8. The third kappa shape index (κ3) is 6.27. The van der Waals surface area contributed by atoms with Crippen LogP contribution in [0.4, 0.5) is 0 Å². The SMILES string of the molecule is COCOc1c(Pc2c(C)cccc2CPC)cc(C(C)(C)C)cc1C(C)(C)C. The van der Waals surface area contributed by atoms with Crippen molar-refractivity contribution in [1.82, 2.24) is 0 Å². The van der Waals surface area contributed by atoms with Crippen LogP contribution in [0.5, 0.6) is 5.75 Å². The number of benzene rings is 2. The lowest BCUT2D eigenvalue weighted by Crippen LogP contribution is -2.24. The van der Waals surface area contributed by atoms with Crippen molar-refractivity contribution in [3.05, 3.63) is 52.6 Å². The minimum atomic E-state index is -0.0110. The van der Waals surface area contributed by atoms with Gasteiger partial charge in [-0.3, -0.25) is 0 Å². The molecule has 2 nitrogen and oxygen atoms in total. The summed E-state index contributed by atoms with van der Waals surface area (Å²) >= 11 is 0. The average molecular weight is 433 g/mol. The molecule has 2 aromatic carbocycles. The molecule has 0 aliphatic rings. The van der Waals surface area contributed by atoms with Crippen LogP contribution in [0.1, 0.15) is 63.8 Å². The maximum Gasteiger partial charge on any atom is 0.188 e. The van der Waals surface area contributed by atoms with Gasteiger partial charge in [0.05, 0.1) is 0 Å². The predicted octanol–water partition coefficient (Wildman–Crippen LogP) is 6.01. The van der Waals surface area contributed by atoms with Gasteiger partial charge in [-0.25, -0.2) is 0 Å². The third-order valence-electron chi connectivity index (χ3n) is 5.07. The molecule has 0 aromatic heterocycles. The molecule has 0 saturated carbocycles. The largest absolute Gasteiger partial charge is 0.467 e. The highest BCUT2D eigenvalue weighted by molar-refractivity contribution is 7.56.